The number of rotatable bonds is 10. The van der Waals surface area contributed by atoms with Crippen LogP contribution in [0, 0.1) is 0 Å². The van der Waals surface area contributed by atoms with Crippen LogP contribution in [0.4, 0.5) is 0 Å². The van der Waals surface area contributed by atoms with Crippen molar-refractivity contribution in [3.8, 4) is 39.9 Å². The first-order valence-corrected chi connectivity index (χ1v) is 13.7. The van der Waals surface area contributed by atoms with Gasteiger partial charge >= 0.3 is 5.97 Å². The van der Waals surface area contributed by atoms with E-state index in [4.69, 9.17) is 52.1 Å². The normalized spacial score (nSPS) is 24.1. The molecule has 43 heavy (non-hydrogen) atoms. The van der Waals surface area contributed by atoms with Gasteiger partial charge in [0.1, 0.15) is 36.8 Å². The second-order valence-electron chi connectivity index (χ2n) is 10.2. The molecule has 0 aliphatic carbocycles. The molecular formula is C31H34O12. The number of benzene rings is 3. The molecular weight excluding hydrogens is 564 g/mol. The van der Waals surface area contributed by atoms with E-state index in [2.05, 4.69) is 0 Å². The first kappa shape index (κ1) is 29.3. The molecule has 3 aromatic rings. The minimum atomic E-state index is -0.964. The van der Waals surface area contributed by atoms with Crippen LogP contribution in [0.25, 0.3) is 21.9 Å². The molecule has 0 spiro atoms. The summed E-state index contributed by atoms with van der Waals surface area (Å²) in [6, 6.07) is 9.16. The minimum Gasteiger partial charge on any atom is -0.493 e. The summed E-state index contributed by atoms with van der Waals surface area (Å²) in [6.07, 6.45) is -3.22. The van der Waals surface area contributed by atoms with Gasteiger partial charge in [-0.25, -0.2) is 4.79 Å². The van der Waals surface area contributed by atoms with Gasteiger partial charge in [-0.05, 0) is 35.2 Å². The van der Waals surface area contributed by atoms with Crippen LogP contribution >= 0.6 is 0 Å². The molecule has 12 nitrogen and oxygen atoms in total. The van der Waals surface area contributed by atoms with E-state index in [9.17, 15) is 4.79 Å². The lowest BCUT2D eigenvalue weighted by molar-refractivity contribution is -0.292. The van der Waals surface area contributed by atoms with E-state index < -0.39 is 36.7 Å². The van der Waals surface area contributed by atoms with Gasteiger partial charge in [-0.15, -0.1) is 0 Å². The maximum atomic E-state index is 13.4. The molecule has 3 aliphatic heterocycles. The molecule has 1 fully saturated rings. The zero-order valence-electron chi connectivity index (χ0n) is 24.8. The molecule has 0 N–H and O–H groups in total. The lowest BCUT2D eigenvalue weighted by Gasteiger charge is -2.44. The molecule has 0 radical (unpaired) electrons. The Morgan fingerprint density at radius 1 is 0.767 bits per heavy atom. The quantitative estimate of drug-likeness (QED) is 0.317. The molecule has 3 aromatic carbocycles. The van der Waals surface area contributed by atoms with Gasteiger partial charge in [0, 0.05) is 45.0 Å². The van der Waals surface area contributed by atoms with Crippen molar-refractivity contribution in [1.82, 2.24) is 0 Å². The third kappa shape index (κ3) is 4.88. The molecule has 12 heteroatoms. The van der Waals surface area contributed by atoms with Crippen molar-refractivity contribution in [2.75, 3.05) is 56.1 Å². The summed E-state index contributed by atoms with van der Waals surface area (Å²) in [5.74, 6) is 2.05. The highest BCUT2D eigenvalue weighted by atomic mass is 16.7. The summed E-state index contributed by atoms with van der Waals surface area (Å²) in [4.78, 5) is 13.4. The highest BCUT2D eigenvalue weighted by Gasteiger charge is 2.49. The van der Waals surface area contributed by atoms with Crippen molar-refractivity contribution in [2.24, 2.45) is 0 Å². The van der Waals surface area contributed by atoms with Crippen molar-refractivity contribution in [1.29, 1.82) is 0 Å². The fourth-order valence-electron chi connectivity index (χ4n) is 6.08. The summed E-state index contributed by atoms with van der Waals surface area (Å²) < 4.78 is 64.0. The van der Waals surface area contributed by atoms with E-state index in [1.807, 2.05) is 30.3 Å². The lowest BCUT2D eigenvalue weighted by Crippen LogP contribution is -2.62. The monoisotopic (exact) mass is 598 g/mol. The Morgan fingerprint density at radius 2 is 1.47 bits per heavy atom. The molecule has 0 bridgehead atoms. The van der Waals surface area contributed by atoms with Gasteiger partial charge in [-0.1, -0.05) is 6.07 Å². The van der Waals surface area contributed by atoms with Gasteiger partial charge in [0.25, 0.3) is 0 Å². The van der Waals surface area contributed by atoms with Gasteiger partial charge in [0.2, 0.25) is 13.1 Å². The smallest absolute Gasteiger partial charge is 0.339 e. The number of hydrogen-bond acceptors (Lipinski definition) is 12. The zero-order valence-corrected chi connectivity index (χ0v) is 24.8. The molecule has 3 aliphatic rings. The summed E-state index contributed by atoms with van der Waals surface area (Å²) in [5, 5.41) is 1.31. The number of hydrogen-bond donors (Lipinski definition) is 0. The first-order chi connectivity index (χ1) is 21.0. The summed E-state index contributed by atoms with van der Waals surface area (Å²) in [5.41, 5.74) is 2.29. The molecule has 0 aromatic heterocycles. The topological polar surface area (TPSA) is 119 Å². The predicted molar refractivity (Wildman–Crippen MR) is 151 cm³/mol. The van der Waals surface area contributed by atoms with E-state index in [0.717, 1.165) is 5.56 Å². The lowest BCUT2D eigenvalue weighted by atomic mass is 9.89. The summed E-state index contributed by atoms with van der Waals surface area (Å²) >= 11 is 0. The van der Waals surface area contributed by atoms with E-state index in [1.165, 1.54) is 0 Å². The van der Waals surface area contributed by atoms with Crippen LogP contribution in [0.1, 0.15) is 15.9 Å². The van der Waals surface area contributed by atoms with Gasteiger partial charge in [0.05, 0.1) is 26.4 Å². The highest BCUT2D eigenvalue weighted by molar-refractivity contribution is 6.14. The molecule has 1 saturated heterocycles. The Hall–Kier alpha value is -3.81. The van der Waals surface area contributed by atoms with Crippen LogP contribution < -0.4 is 23.7 Å². The number of fused-ring (bicyclic) bond motifs is 3. The molecule has 5 atom stereocenters. The van der Waals surface area contributed by atoms with Gasteiger partial charge in [0.15, 0.2) is 23.0 Å². The van der Waals surface area contributed by atoms with Gasteiger partial charge in [-0.2, -0.15) is 0 Å². The van der Waals surface area contributed by atoms with E-state index in [0.29, 0.717) is 56.2 Å². The molecule has 0 saturated carbocycles. The Balaban J connectivity index is 1.57. The van der Waals surface area contributed by atoms with Crippen LogP contribution in [0.2, 0.25) is 0 Å². The fraction of sp³-hybridized carbons (Fsp3) is 0.452. The Kier molecular flexibility index (Phi) is 8.21. The zero-order chi connectivity index (χ0) is 30.2. The predicted octanol–water partition coefficient (Wildman–Crippen LogP) is 3.72. The average molecular weight is 599 g/mol. The first-order valence-electron chi connectivity index (χ1n) is 13.7. The third-order valence-electron chi connectivity index (χ3n) is 8.05. The Bertz CT molecular complexity index is 1520. The largest absolute Gasteiger partial charge is 0.493 e. The number of cyclic esters (lactones) is 1. The van der Waals surface area contributed by atoms with Crippen LogP contribution in [-0.2, 0) is 35.0 Å². The Labute approximate surface area is 248 Å². The summed E-state index contributed by atoms with van der Waals surface area (Å²) in [6.45, 7) is 0.338. The highest BCUT2D eigenvalue weighted by Crippen LogP contribution is 2.50. The van der Waals surface area contributed by atoms with Crippen molar-refractivity contribution in [3.63, 3.8) is 0 Å². The summed E-state index contributed by atoms with van der Waals surface area (Å²) in [7, 11) is 9.38. The van der Waals surface area contributed by atoms with Crippen molar-refractivity contribution < 1.29 is 56.9 Å². The number of methoxy groups -OCH3 is 6. The van der Waals surface area contributed by atoms with Crippen LogP contribution in [0.5, 0.6) is 28.7 Å². The maximum Gasteiger partial charge on any atom is 0.339 e. The number of carbonyl (C=O) groups excluding carboxylic acids is 1. The fourth-order valence-corrected chi connectivity index (χ4v) is 6.08. The second kappa shape index (κ2) is 12.1. The number of carbonyl (C=O) groups is 1. The molecule has 0 unspecified atom stereocenters. The van der Waals surface area contributed by atoms with Gasteiger partial charge in [-0.3, -0.25) is 0 Å². The SMILES string of the molecule is COC[C@H]1O[C@@H](Oc2c3c(c(-c4ccc5c(c4)OCO5)c4cc(OC)c(OC)cc24)C(=O)OC3)[C@H](OC)[C@@H](OC)[C@H]1OC. The number of ether oxygens (including phenoxy) is 11. The van der Waals surface area contributed by atoms with Crippen LogP contribution in [0.3, 0.4) is 0 Å². The van der Waals surface area contributed by atoms with Crippen LogP contribution in [0.15, 0.2) is 30.3 Å². The molecule has 0 amide bonds. The van der Waals surface area contributed by atoms with E-state index in [-0.39, 0.29) is 20.0 Å². The van der Waals surface area contributed by atoms with E-state index in [1.54, 1.807) is 42.7 Å². The van der Waals surface area contributed by atoms with Gasteiger partial charge < -0.3 is 52.1 Å². The standard InChI is InChI=1S/C31H34O12/c1-33-13-23-27(36-4)28(37-5)29(38-6)31(42-23)43-26-17-11-21(35-3)20(34-2)10-16(17)24(25-18(26)12-39-30(25)32)15-7-8-19-22(9-15)41-14-40-19/h7-11,23,27-29,31H,12-14H2,1-6H3/t23-,27+,28+,29-,31+/m1/s1. The Morgan fingerprint density at radius 3 is 2.14 bits per heavy atom. The molecule has 3 heterocycles. The minimum absolute atomic E-state index is 0.00833. The van der Waals surface area contributed by atoms with Crippen molar-refractivity contribution >= 4 is 16.7 Å². The van der Waals surface area contributed by atoms with E-state index >= 15 is 0 Å². The van der Waals surface area contributed by atoms with Crippen molar-refractivity contribution in [2.45, 2.75) is 37.3 Å². The molecule has 6 rings (SSSR count). The number of esters is 1. The van der Waals surface area contributed by atoms with Crippen LogP contribution in [-0.4, -0.2) is 92.7 Å². The third-order valence-corrected chi connectivity index (χ3v) is 8.05. The molecule has 230 valence electrons. The average Bonchev–Trinajstić information content (AvgIpc) is 3.66. The maximum absolute atomic E-state index is 13.4. The second-order valence-corrected chi connectivity index (χ2v) is 10.2. The van der Waals surface area contributed by atoms with Crippen molar-refractivity contribution in [3.05, 3.63) is 41.5 Å².